The van der Waals surface area contributed by atoms with E-state index in [2.05, 4.69) is 21.2 Å². The van der Waals surface area contributed by atoms with Crippen molar-refractivity contribution in [2.45, 2.75) is 30.5 Å². The summed E-state index contributed by atoms with van der Waals surface area (Å²) in [5, 5.41) is 3.03. The van der Waals surface area contributed by atoms with E-state index in [9.17, 15) is 4.79 Å². The molecule has 4 heteroatoms. The summed E-state index contributed by atoms with van der Waals surface area (Å²) in [5.41, 5.74) is 0.988. The molecular weight excluding hydrogens is 306 g/mol. The first-order valence-electron chi connectivity index (χ1n) is 6.71. The Morgan fingerprint density at radius 3 is 3.00 bits per heavy atom. The molecule has 1 aliphatic rings. The molecule has 2 unspecified atom stereocenters. The Labute approximate surface area is 122 Å². The molecule has 1 saturated carbocycles. The average Bonchev–Trinajstić information content (AvgIpc) is 2.82. The highest BCUT2D eigenvalue weighted by Crippen LogP contribution is 2.29. The molecule has 0 aliphatic heterocycles. The number of halogens is 1. The quantitative estimate of drug-likeness (QED) is 0.845. The maximum Gasteiger partial charge on any atom is 0.224 e. The first-order valence-corrected chi connectivity index (χ1v) is 7.62. The van der Waals surface area contributed by atoms with Crippen LogP contribution in [-0.4, -0.2) is 24.4 Å². The predicted octanol–water partition coefficient (Wildman–Crippen LogP) is 2.92. The maximum atomic E-state index is 11.9. The Hall–Kier alpha value is -1.03. The summed E-state index contributed by atoms with van der Waals surface area (Å²) >= 11 is 3.63. The first kappa shape index (κ1) is 14.4. The zero-order valence-electron chi connectivity index (χ0n) is 11.2. The number of alkyl halides is 1. The summed E-state index contributed by atoms with van der Waals surface area (Å²) in [6.07, 6.45) is 4.01. The molecule has 1 amide bonds. The number of carbonyl (C=O) groups is 1. The van der Waals surface area contributed by atoms with E-state index in [1.54, 1.807) is 7.11 Å². The van der Waals surface area contributed by atoms with Crippen molar-refractivity contribution in [3.05, 3.63) is 29.8 Å². The fraction of sp³-hybridized carbons (Fsp3) is 0.533. The second-order valence-electron chi connectivity index (χ2n) is 5.11. The second-order valence-corrected chi connectivity index (χ2v) is 6.40. The molecule has 1 aliphatic carbocycles. The van der Waals surface area contributed by atoms with Gasteiger partial charge in [0.05, 0.1) is 13.5 Å². The lowest BCUT2D eigenvalue weighted by Crippen LogP contribution is -2.29. The summed E-state index contributed by atoms with van der Waals surface area (Å²) in [5.74, 6) is 1.51. The van der Waals surface area contributed by atoms with Crippen LogP contribution in [-0.2, 0) is 11.2 Å². The third-order valence-electron chi connectivity index (χ3n) is 3.56. The number of carbonyl (C=O) groups excluding carboxylic acids is 1. The molecule has 1 N–H and O–H groups in total. The molecule has 2 rings (SSSR count). The van der Waals surface area contributed by atoms with Crippen LogP contribution >= 0.6 is 15.9 Å². The van der Waals surface area contributed by atoms with Crippen LogP contribution in [0.25, 0.3) is 0 Å². The molecule has 0 saturated heterocycles. The molecule has 104 valence electrons. The van der Waals surface area contributed by atoms with Crippen molar-refractivity contribution in [2.24, 2.45) is 5.92 Å². The van der Waals surface area contributed by atoms with E-state index < -0.39 is 0 Å². The van der Waals surface area contributed by atoms with Crippen molar-refractivity contribution in [3.8, 4) is 5.75 Å². The van der Waals surface area contributed by atoms with Crippen molar-refractivity contribution in [3.63, 3.8) is 0 Å². The summed E-state index contributed by atoms with van der Waals surface area (Å²) in [4.78, 5) is 12.5. The number of nitrogens with one attached hydrogen (secondary N) is 1. The molecule has 2 atom stereocenters. The zero-order valence-corrected chi connectivity index (χ0v) is 12.8. The number of ether oxygens (including phenoxy) is 1. The van der Waals surface area contributed by atoms with Gasteiger partial charge in [0.2, 0.25) is 5.91 Å². The van der Waals surface area contributed by atoms with Crippen molar-refractivity contribution < 1.29 is 9.53 Å². The lowest BCUT2D eigenvalue weighted by atomic mass is 10.1. The average molecular weight is 326 g/mol. The third kappa shape index (κ3) is 4.53. The minimum atomic E-state index is 0.0891. The Morgan fingerprint density at radius 2 is 2.32 bits per heavy atom. The molecule has 0 radical (unpaired) electrons. The topological polar surface area (TPSA) is 38.3 Å². The van der Waals surface area contributed by atoms with Gasteiger partial charge in [-0.15, -0.1) is 0 Å². The van der Waals surface area contributed by atoms with E-state index in [1.165, 1.54) is 19.3 Å². The lowest BCUT2D eigenvalue weighted by Gasteiger charge is -2.11. The number of benzene rings is 1. The second kappa shape index (κ2) is 6.94. The van der Waals surface area contributed by atoms with Gasteiger partial charge in [-0.1, -0.05) is 28.1 Å². The fourth-order valence-corrected chi connectivity index (χ4v) is 3.28. The largest absolute Gasteiger partial charge is 0.497 e. The Kier molecular flexibility index (Phi) is 5.25. The van der Waals surface area contributed by atoms with Gasteiger partial charge < -0.3 is 10.1 Å². The van der Waals surface area contributed by atoms with Crippen LogP contribution in [0, 0.1) is 5.92 Å². The van der Waals surface area contributed by atoms with E-state index in [4.69, 9.17) is 4.74 Å². The number of rotatable bonds is 5. The molecule has 0 heterocycles. The molecule has 0 spiro atoms. The standard InChI is InChI=1S/C15H20BrNO2/c1-19-14-4-2-3-11(8-14)9-15(18)17-10-12-5-6-13(16)7-12/h2-4,8,12-13H,5-7,9-10H2,1H3,(H,17,18). The van der Waals surface area contributed by atoms with E-state index in [1.807, 2.05) is 24.3 Å². The van der Waals surface area contributed by atoms with Gasteiger partial charge in [-0.25, -0.2) is 0 Å². The summed E-state index contributed by atoms with van der Waals surface area (Å²) in [6, 6.07) is 7.65. The van der Waals surface area contributed by atoms with Crippen LogP contribution in [0.5, 0.6) is 5.75 Å². The Bertz CT molecular complexity index is 436. The number of amides is 1. The van der Waals surface area contributed by atoms with Crippen LogP contribution in [0.2, 0.25) is 0 Å². The number of methoxy groups -OCH3 is 1. The lowest BCUT2D eigenvalue weighted by molar-refractivity contribution is -0.120. The van der Waals surface area contributed by atoms with E-state index in [0.717, 1.165) is 17.9 Å². The van der Waals surface area contributed by atoms with Crippen LogP contribution in [0.15, 0.2) is 24.3 Å². The number of hydrogen-bond acceptors (Lipinski definition) is 2. The van der Waals surface area contributed by atoms with Crippen molar-refractivity contribution in [1.29, 1.82) is 0 Å². The molecule has 19 heavy (non-hydrogen) atoms. The summed E-state index contributed by atoms with van der Waals surface area (Å²) in [7, 11) is 1.63. The van der Waals surface area contributed by atoms with Gasteiger partial charge in [-0.2, -0.15) is 0 Å². The number of hydrogen-bond donors (Lipinski definition) is 1. The summed E-state index contributed by atoms with van der Waals surface area (Å²) < 4.78 is 5.15. The van der Waals surface area contributed by atoms with Crippen molar-refractivity contribution in [2.75, 3.05) is 13.7 Å². The van der Waals surface area contributed by atoms with Crippen LogP contribution < -0.4 is 10.1 Å². The minimum absolute atomic E-state index is 0.0891. The fourth-order valence-electron chi connectivity index (χ4n) is 2.49. The van der Waals surface area contributed by atoms with Crippen LogP contribution in [0.1, 0.15) is 24.8 Å². The van der Waals surface area contributed by atoms with E-state index in [-0.39, 0.29) is 5.91 Å². The molecular formula is C15H20BrNO2. The van der Waals surface area contributed by atoms with E-state index in [0.29, 0.717) is 17.2 Å². The van der Waals surface area contributed by atoms with Crippen molar-refractivity contribution in [1.82, 2.24) is 5.32 Å². The van der Waals surface area contributed by atoms with Gasteiger partial charge in [-0.3, -0.25) is 4.79 Å². The molecule has 1 aromatic carbocycles. The molecule has 1 fully saturated rings. The van der Waals surface area contributed by atoms with Gasteiger partial charge in [0, 0.05) is 11.4 Å². The molecule has 0 aromatic heterocycles. The Morgan fingerprint density at radius 1 is 1.47 bits per heavy atom. The van der Waals surface area contributed by atoms with Gasteiger partial charge >= 0.3 is 0 Å². The SMILES string of the molecule is COc1cccc(CC(=O)NCC2CCC(Br)C2)c1. The predicted molar refractivity (Wildman–Crippen MR) is 79.8 cm³/mol. The highest BCUT2D eigenvalue weighted by molar-refractivity contribution is 9.09. The van der Waals surface area contributed by atoms with Gasteiger partial charge in [0.15, 0.2) is 0 Å². The highest BCUT2D eigenvalue weighted by Gasteiger charge is 2.22. The van der Waals surface area contributed by atoms with Crippen LogP contribution in [0.4, 0.5) is 0 Å². The minimum Gasteiger partial charge on any atom is -0.497 e. The van der Waals surface area contributed by atoms with Gasteiger partial charge in [0.1, 0.15) is 5.75 Å². The van der Waals surface area contributed by atoms with Gasteiger partial charge in [0.25, 0.3) is 0 Å². The third-order valence-corrected chi connectivity index (χ3v) is 4.40. The summed E-state index contributed by atoms with van der Waals surface area (Å²) in [6.45, 7) is 0.797. The first-order chi connectivity index (χ1) is 9.17. The van der Waals surface area contributed by atoms with Crippen molar-refractivity contribution >= 4 is 21.8 Å². The molecule has 3 nitrogen and oxygen atoms in total. The normalized spacial score (nSPS) is 22.2. The van der Waals surface area contributed by atoms with E-state index >= 15 is 0 Å². The maximum absolute atomic E-state index is 11.9. The Balaban J connectivity index is 1.77. The molecule has 0 bridgehead atoms. The smallest absolute Gasteiger partial charge is 0.224 e. The van der Waals surface area contributed by atoms with Gasteiger partial charge in [-0.05, 0) is 42.9 Å². The van der Waals surface area contributed by atoms with Crippen LogP contribution in [0.3, 0.4) is 0 Å². The molecule has 1 aromatic rings. The zero-order chi connectivity index (χ0) is 13.7. The monoisotopic (exact) mass is 325 g/mol. The highest BCUT2D eigenvalue weighted by atomic mass is 79.9.